The third-order valence-corrected chi connectivity index (χ3v) is 6.44. The van der Waals surface area contributed by atoms with Gasteiger partial charge in [0, 0.05) is 43.3 Å². The van der Waals surface area contributed by atoms with Crippen LogP contribution in [0.2, 0.25) is 0 Å². The summed E-state index contributed by atoms with van der Waals surface area (Å²) < 4.78 is 15.7. The van der Waals surface area contributed by atoms with Gasteiger partial charge < -0.3 is 0 Å². The van der Waals surface area contributed by atoms with Gasteiger partial charge in [-0.25, -0.2) is 9.07 Å². The highest BCUT2D eigenvalue weighted by atomic mass is 19.1. The Labute approximate surface area is 181 Å². The third-order valence-electron chi connectivity index (χ3n) is 6.44. The van der Waals surface area contributed by atoms with E-state index in [0.717, 1.165) is 31.6 Å². The molecule has 3 aromatic rings. The summed E-state index contributed by atoms with van der Waals surface area (Å²) >= 11 is 0. The normalized spacial score (nSPS) is 23.7. The Morgan fingerprint density at radius 1 is 1.13 bits per heavy atom. The zero-order valence-corrected chi connectivity index (χ0v) is 17.5. The van der Waals surface area contributed by atoms with E-state index in [1.54, 1.807) is 23.2 Å². The highest BCUT2D eigenvalue weighted by Gasteiger charge is 2.46. The van der Waals surface area contributed by atoms with Gasteiger partial charge in [-0.3, -0.25) is 14.6 Å². The molecule has 1 spiro atoms. The van der Waals surface area contributed by atoms with Crippen LogP contribution in [0.4, 0.5) is 10.1 Å². The van der Waals surface area contributed by atoms with Crippen molar-refractivity contribution < 1.29 is 9.18 Å². The van der Waals surface area contributed by atoms with Gasteiger partial charge in [-0.05, 0) is 61.7 Å². The van der Waals surface area contributed by atoms with Crippen LogP contribution in [-0.4, -0.2) is 38.7 Å². The molecule has 2 aliphatic rings. The summed E-state index contributed by atoms with van der Waals surface area (Å²) in [5, 5.41) is 4.32. The molecular weight excluding hydrogens is 391 g/mol. The van der Waals surface area contributed by atoms with Crippen molar-refractivity contribution in [1.82, 2.24) is 14.7 Å². The number of carbonyl (C=O) groups is 1. The summed E-state index contributed by atoms with van der Waals surface area (Å²) in [6.45, 7) is 3.90. The summed E-state index contributed by atoms with van der Waals surface area (Å²) in [6.07, 6.45) is 9.00. The molecule has 1 fully saturated rings. The zero-order chi connectivity index (χ0) is 21.4. The Kier molecular flexibility index (Phi) is 4.94. The van der Waals surface area contributed by atoms with Crippen molar-refractivity contribution in [2.75, 3.05) is 11.4 Å². The van der Waals surface area contributed by atoms with E-state index in [2.05, 4.69) is 41.2 Å². The molecule has 1 amide bonds. The number of amides is 1. The molecule has 0 saturated carbocycles. The monoisotopic (exact) mass is 416 g/mol. The summed E-state index contributed by atoms with van der Waals surface area (Å²) in [7, 11) is 0. The lowest BCUT2D eigenvalue weighted by molar-refractivity contribution is -0.114. The molecule has 0 radical (unpaired) electrons. The fraction of sp³-hybridized carbons (Fsp3) is 0.280. The molecule has 5 rings (SSSR count). The van der Waals surface area contributed by atoms with Crippen LogP contribution in [0.25, 0.3) is 5.69 Å². The second kappa shape index (κ2) is 7.78. The highest BCUT2D eigenvalue weighted by molar-refractivity contribution is 6.06. The number of likely N-dealkylation sites (tertiary alicyclic amines) is 1. The maximum absolute atomic E-state index is 13.8. The van der Waals surface area contributed by atoms with E-state index < -0.39 is 5.54 Å². The maximum Gasteiger partial charge on any atom is 0.251 e. The molecule has 158 valence electrons. The van der Waals surface area contributed by atoms with Crippen LogP contribution in [0, 0.1) is 5.82 Å². The van der Waals surface area contributed by atoms with Crippen molar-refractivity contribution >= 4 is 11.6 Å². The average molecular weight is 417 g/mol. The molecule has 0 aliphatic carbocycles. The van der Waals surface area contributed by atoms with Crippen LogP contribution in [0.15, 0.2) is 79.1 Å². The Bertz CT molecular complexity index is 1130. The SMILES string of the molecule is C[C@@H]1C[C@]2(C=CC(=O)N2c2cccc(F)c2)CCN1Cc1cccc(-n2cccn2)c1. The summed E-state index contributed by atoms with van der Waals surface area (Å²) in [5.41, 5.74) is 2.51. The molecule has 1 aromatic heterocycles. The van der Waals surface area contributed by atoms with Gasteiger partial charge >= 0.3 is 0 Å². The topological polar surface area (TPSA) is 41.4 Å². The van der Waals surface area contributed by atoms with Gasteiger partial charge in [0.25, 0.3) is 5.91 Å². The third kappa shape index (κ3) is 3.68. The van der Waals surface area contributed by atoms with Gasteiger partial charge in [-0.15, -0.1) is 0 Å². The van der Waals surface area contributed by atoms with Crippen LogP contribution < -0.4 is 4.90 Å². The van der Waals surface area contributed by atoms with Crippen LogP contribution in [-0.2, 0) is 11.3 Å². The standard InChI is InChI=1S/C25H25FN4O/c1-19-17-25(10-9-24(31)30(25)23-8-3-6-21(26)16-23)11-14-28(19)18-20-5-2-7-22(15-20)29-13-4-12-27-29/h2-10,12-13,15-16,19H,11,14,17-18H2,1H3/t19-,25+/m1/s1. The molecule has 2 atom stereocenters. The number of rotatable bonds is 4. The average Bonchev–Trinajstić information content (AvgIpc) is 3.40. The Morgan fingerprint density at radius 3 is 2.74 bits per heavy atom. The number of nitrogens with zero attached hydrogens (tertiary/aromatic N) is 4. The maximum atomic E-state index is 13.8. The van der Waals surface area contributed by atoms with E-state index in [4.69, 9.17) is 0 Å². The van der Waals surface area contributed by atoms with E-state index in [1.165, 1.54) is 17.7 Å². The summed E-state index contributed by atoms with van der Waals surface area (Å²) in [6, 6.07) is 16.9. The van der Waals surface area contributed by atoms with E-state index in [-0.39, 0.29) is 17.8 Å². The lowest BCUT2D eigenvalue weighted by atomic mass is 9.82. The van der Waals surface area contributed by atoms with Crippen molar-refractivity contribution in [3.8, 4) is 5.69 Å². The molecular formula is C25H25FN4O. The fourth-order valence-corrected chi connectivity index (χ4v) is 4.94. The number of carbonyl (C=O) groups excluding carboxylic acids is 1. The second-order valence-corrected chi connectivity index (χ2v) is 8.48. The second-order valence-electron chi connectivity index (χ2n) is 8.48. The fourth-order valence-electron chi connectivity index (χ4n) is 4.94. The number of benzene rings is 2. The van der Waals surface area contributed by atoms with Crippen LogP contribution >= 0.6 is 0 Å². The number of hydrogen-bond donors (Lipinski definition) is 0. The molecule has 0 N–H and O–H groups in total. The zero-order valence-electron chi connectivity index (χ0n) is 17.5. The number of piperidine rings is 1. The molecule has 6 heteroatoms. The van der Waals surface area contributed by atoms with Gasteiger partial charge in [0.2, 0.25) is 0 Å². The first-order chi connectivity index (χ1) is 15.0. The van der Waals surface area contributed by atoms with Gasteiger partial charge in [-0.2, -0.15) is 5.10 Å². The van der Waals surface area contributed by atoms with E-state index in [0.29, 0.717) is 5.69 Å². The molecule has 0 bridgehead atoms. The molecule has 5 nitrogen and oxygen atoms in total. The Morgan fingerprint density at radius 2 is 1.97 bits per heavy atom. The van der Waals surface area contributed by atoms with Gasteiger partial charge in [0.15, 0.2) is 0 Å². The van der Waals surface area contributed by atoms with Crippen molar-refractivity contribution in [1.29, 1.82) is 0 Å². The van der Waals surface area contributed by atoms with Crippen molar-refractivity contribution in [2.45, 2.75) is 37.9 Å². The van der Waals surface area contributed by atoms with E-state index in [9.17, 15) is 9.18 Å². The van der Waals surface area contributed by atoms with Crippen LogP contribution in [0.5, 0.6) is 0 Å². The van der Waals surface area contributed by atoms with Gasteiger partial charge in [0.05, 0.1) is 11.2 Å². The first-order valence-corrected chi connectivity index (χ1v) is 10.7. The molecule has 2 aromatic carbocycles. The number of aromatic nitrogens is 2. The number of hydrogen-bond acceptors (Lipinski definition) is 3. The van der Waals surface area contributed by atoms with Gasteiger partial charge in [-0.1, -0.05) is 24.3 Å². The largest absolute Gasteiger partial charge is 0.299 e. The predicted octanol–water partition coefficient (Wildman–Crippen LogP) is 4.34. The molecule has 0 unspecified atom stereocenters. The smallest absolute Gasteiger partial charge is 0.251 e. The Hall–Kier alpha value is -3.25. The minimum absolute atomic E-state index is 0.0711. The molecule has 31 heavy (non-hydrogen) atoms. The quantitative estimate of drug-likeness (QED) is 0.635. The number of anilines is 1. The highest BCUT2D eigenvalue weighted by Crippen LogP contribution is 2.40. The summed E-state index contributed by atoms with van der Waals surface area (Å²) in [5.74, 6) is -0.395. The van der Waals surface area contributed by atoms with Crippen molar-refractivity contribution in [3.63, 3.8) is 0 Å². The first kappa shape index (κ1) is 19.7. The lowest BCUT2D eigenvalue weighted by Crippen LogP contribution is -2.56. The Balaban J connectivity index is 1.34. The predicted molar refractivity (Wildman–Crippen MR) is 118 cm³/mol. The molecule has 2 aliphatic heterocycles. The first-order valence-electron chi connectivity index (χ1n) is 10.7. The number of halogens is 1. The van der Waals surface area contributed by atoms with Crippen LogP contribution in [0.3, 0.4) is 0 Å². The van der Waals surface area contributed by atoms with Crippen molar-refractivity contribution in [3.05, 3.63) is 90.5 Å². The van der Waals surface area contributed by atoms with Crippen molar-refractivity contribution in [2.24, 2.45) is 0 Å². The minimum atomic E-state index is -0.391. The molecule has 1 saturated heterocycles. The minimum Gasteiger partial charge on any atom is -0.299 e. The van der Waals surface area contributed by atoms with E-state index in [1.807, 2.05) is 29.1 Å². The molecule has 3 heterocycles. The lowest BCUT2D eigenvalue weighted by Gasteiger charge is -2.47. The van der Waals surface area contributed by atoms with E-state index >= 15 is 0 Å². The van der Waals surface area contributed by atoms with Gasteiger partial charge in [0.1, 0.15) is 5.82 Å². The summed E-state index contributed by atoms with van der Waals surface area (Å²) in [4.78, 5) is 16.9. The van der Waals surface area contributed by atoms with Crippen LogP contribution in [0.1, 0.15) is 25.3 Å².